The number of nitrogens with two attached hydrogens (primary N) is 1. The number of anilines is 1. The molecule has 0 saturated heterocycles. The first-order valence-corrected chi connectivity index (χ1v) is 7.21. The molecule has 0 bridgehead atoms. The summed E-state index contributed by atoms with van der Waals surface area (Å²) in [6.45, 7) is 6.29. The fraction of sp³-hybridized carbons (Fsp3) is 0.538. The van der Waals surface area contributed by atoms with Crippen molar-refractivity contribution in [3.05, 3.63) is 21.9 Å². The zero-order chi connectivity index (χ0) is 14.6. The lowest BCUT2D eigenvalue weighted by molar-refractivity contribution is -0.116. The number of nitrogens with zero attached hydrogens (tertiary/aromatic N) is 1. The van der Waals surface area contributed by atoms with E-state index in [1.54, 1.807) is 12.3 Å². The number of amides is 1. The Morgan fingerprint density at radius 2 is 2.21 bits per heavy atom. The zero-order valence-corrected chi connectivity index (χ0v) is 13.7. The Hall–Kier alpha value is -0.650. The Bertz CT molecular complexity index is 460. The molecular formula is C13H19BrClN3O. The molecule has 4 nitrogen and oxygen atoms in total. The van der Waals surface area contributed by atoms with Crippen molar-refractivity contribution in [1.82, 2.24) is 4.98 Å². The molecule has 1 unspecified atom stereocenters. The van der Waals surface area contributed by atoms with Crippen LogP contribution in [-0.2, 0) is 4.79 Å². The van der Waals surface area contributed by atoms with Crippen molar-refractivity contribution in [3.8, 4) is 0 Å². The minimum atomic E-state index is -0.168. The van der Waals surface area contributed by atoms with Crippen LogP contribution in [0.15, 0.2) is 16.7 Å². The van der Waals surface area contributed by atoms with Crippen molar-refractivity contribution in [3.63, 3.8) is 0 Å². The molecular weight excluding hydrogens is 330 g/mol. The molecule has 0 spiro atoms. The van der Waals surface area contributed by atoms with Gasteiger partial charge in [-0.3, -0.25) is 4.79 Å². The van der Waals surface area contributed by atoms with Crippen molar-refractivity contribution in [2.75, 3.05) is 5.32 Å². The van der Waals surface area contributed by atoms with E-state index in [2.05, 4.69) is 47.0 Å². The first kappa shape index (κ1) is 16.4. The molecule has 1 atom stereocenters. The summed E-state index contributed by atoms with van der Waals surface area (Å²) in [6, 6.07) is 1.54. The van der Waals surface area contributed by atoms with Gasteiger partial charge in [-0.1, -0.05) is 32.4 Å². The molecule has 0 radical (unpaired) electrons. The van der Waals surface area contributed by atoms with Crippen LogP contribution in [0, 0.1) is 5.41 Å². The monoisotopic (exact) mass is 347 g/mol. The van der Waals surface area contributed by atoms with E-state index in [0.29, 0.717) is 5.69 Å². The SMILES string of the molecule is CC(C)(C)CC(N)CC(=O)Nc1cc(Br)cnc1Cl. The van der Waals surface area contributed by atoms with Crippen LogP contribution in [0.4, 0.5) is 5.69 Å². The minimum Gasteiger partial charge on any atom is -0.327 e. The van der Waals surface area contributed by atoms with Crippen molar-refractivity contribution in [1.29, 1.82) is 0 Å². The van der Waals surface area contributed by atoms with Crippen LogP contribution in [0.25, 0.3) is 0 Å². The minimum absolute atomic E-state index is 0.106. The summed E-state index contributed by atoms with van der Waals surface area (Å²) in [6.07, 6.45) is 2.62. The van der Waals surface area contributed by atoms with E-state index in [0.717, 1.165) is 10.9 Å². The highest BCUT2D eigenvalue weighted by atomic mass is 79.9. The molecule has 1 rings (SSSR count). The van der Waals surface area contributed by atoms with E-state index < -0.39 is 0 Å². The van der Waals surface area contributed by atoms with Crippen LogP contribution in [-0.4, -0.2) is 16.9 Å². The van der Waals surface area contributed by atoms with Crippen molar-refractivity contribution in [2.24, 2.45) is 11.1 Å². The van der Waals surface area contributed by atoms with Crippen LogP contribution in [0.3, 0.4) is 0 Å². The number of carbonyl (C=O) groups is 1. The van der Waals surface area contributed by atoms with Gasteiger partial charge in [-0.15, -0.1) is 0 Å². The van der Waals surface area contributed by atoms with E-state index >= 15 is 0 Å². The topological polar surface area (TPSA) is 68.0 Å². The smallest absolute Gasteiger partial charge is 0.226 e. The highest BCUT2D eigenvalue weighted by molar-refractivity contribution is 9.10. The maximum absolute atomic E-state index is 11.9. The summed E-state index contributed by atoms with van der Waals surface area (Å²) in [4.78, 5) is 15.8. The van der Waals surface area contributed by atoms with Gasteiger partial charge in [0.05, 0.1) is 5.69 Å². The van der Waals surface area contributed by atoms with Crippen LogP contribution >= 0.6 is 27.5 Å². The highest BCUT2D eigenvalue weighted by Gasteiger charge is 2.18. The fourth-order valence-electron chi connectivity index (χ4n) is 1.81. The lowest BCUT2D eigenvalue weighted by atomic mass is 9.87. The summed E-state index contributed by atoms with van der Waals surface area (Å²) < 4.78 is 0.756. The van der Waals surface area contributed by atoms with E-state index in [1.807, 2.05) is 0 Å². The number of rotatable bonds is 4. The number of pyridine rings is 1. The van der Waals surface area contributed by atoms with Gasteiger partial charge in [-0.25, -0.2) is 4.98 Å². The predicted molar refractivity (Wildman–Crippen MR) is 82.2 cm³/mol. The summed E-state index contributed by atoms with van der Waals surface area (Å²) in [7, 11) is 0. The molecule has 0 aliphatic carbocycles. The fourth-order valence-corrected chi connectivity index (χ4v) is 2.29. The normalized spacial score (nSPS) is 13.2. The molecule has 0 saturated carbocycles. The third kappa shape index (κ3) is 6.36. The number of hydrogen-bond donors (Lipinski definition) is 2. The molecule has 6 heteroatoms. The van der Waals surface area contributed by atoms with E-state index in [1.165, 1.54) is 0 Å². The highest BCUT2D eigenvalue weighted by Crippen LogP contribution is 2.24. The van der Waals surface area contributed by atoms with E-state index in [-0.39, 0.29) is 28.9 Å². The molecule has 0 aliphatic heterocycles. The van der Waals surface area contributed by atoms with Crippen LogP contribution < -0.4 is 11.1 Å². The molecule has 1 aromatic rings. The standard InChI is InChI=1S/C13H19BrClN3O/c1-13(2,3)6-9(16)5-11(19)18-10-4-8(14)7-17-12(10)15/h4,7,9H,5-6,16H2,1-3H3,(H,18,19). The predicted octanol–water partition coefficient (Wildman–Crippen LogP) is 3.59. The maximum atomic E-state index is 11.9. The molecule has 0 fully saturated rings. The van der Waals surface area contributed by atoms with Gasteiger partial charge in [0.1, 0.15) is 0 Å². The van der Waals surface area contributed by atoms with E-state index in [4.69, 9.17) is 17.3 Å². The first-order valence-electron chi connectivity index (χ1n) is 6.04. The molecule has 19 heavy (non-hydrogen) atoms. The second-order valence-corrected chi connectivity index (χ2v) is 7.04. The quantitative estimate of drug-likeness (QED) is 0.817. The average Bonchev–Trinajstić information content (AvgIpc) is 2.20. The van der Waals surface area contributed by atoms with E-state index in [9.17, 15) is 4.79 Å². The summed E-state index contributed by atoms with van der Waals surface area (Å²) in [5.74, 6) is -0.154. The lowest BCUT2D eigenvalue weighted by Gasteiger charge is -2.22. The molecule has 1 heterocycles. The van der Waals surface area contributed by atoms with Gasteiger partial charge in [0.25, 0.3) is 0 Å². The van der Waals surface area contributed by atoms with Crippen LogP contribution in [0.5, 0.6) is 0 Å². The molecule has 106 valence electrons. The van der Waals surface area contributed by atoms with Gasteiger partial charge in [0.2, 0.25) is 5.91 Å². The number of nitrogens with one attached hydrogen (secondary N) is 1. The van der Waals surface area contributed by atoms with Crippen LogP contribution in [0.2, 0.25) is 5.15 Å². The number of carbonyl (C=O) groups excluding carboxylic acids is 1. The van der Waals surface area contributed by atoms with Crippen molar-refractivity contribution >= 4 is 39.1 Å². The molecule has 1 aromatic heterocycles. The van der Waals surface area contributed by atoms with Gasteiger partial charge < -0.3 is 11.1 Å². The van der Waals surface area contributed by atoms with Gasteiger partial charge in [-0.05, 0) is 33.8 Å². The van der Waals surface area contributed by atoms with Gasteiger partial charge in [0.15, 0.2) is 5.15 Å². The largest absolute Gasteiger partial charge is 0.327 e. The van der Waals surface area contributed by atoms with Crippen molar-refractivity contribution < 1.29 is 4.79 Å². The molecule has 0 aromatic carbocycles. The summed E-state index contributed by atoms with van der Waals surface area (Å²) in [5, 5.41) is 2.99. The summed E-state index contributed by atoms with van der Waals surface area (Å²) in [5.41, 5.74) is 6.56. The van der Waals surface area contributed by atoms with Crippen molar-refractivity contribution in [2.45, 2.75) is 39.7 Å². The third-order valence-corrected chi connectivity index (χ3v) is 3.14. The Kier molecular flexibility index (Phi) is 5.77. The second-order valence-electron chi connectivity index (χ2n) is 5.77. The number of aromatic nitrogens is 1. The number of hydrogen-bond acceptors (Lipinski definition) is 3. The lowest BCUT2D eigenvalue weighted by Crippen LogP contribution is -2.31. The van der Waals surface area contributed by atoms with Gasteiger partial charge in [0, 0.05) is 23.1 Å². The Morgan fingerprint density at radius 3 is 2.79 bits per heavy atom. The zero-order valence-electron chi connectivity index (χ0n) is 11.3. The van der Waals surface area contributed by atoms with Gasteiger partial charge >= 0.3 is 0 Å². The third-order valence-electron chi connectivity index (χ3n) is 2.40. The number of halogens is 2. The Labute approximate surface area is 127 Å². The second kappa shape index (κ2) is 6.68. The molecule has 3 N–H and O–H groups in total. The van der Waals surface area contributed by atoms with Gasteiger partial charge in [-0.2, -0.15) is 0 Å². The van der Waals surface area contributed by atoms with Crippen LogP contribution in [0.1, 0.15) is 33.6 Å². The summed E-state index contributed by atoms with van der Waals surface area (Å²) >= 11 is 9.19. The first-order chi connectivity index (χ1) is 8.67. The Balaban J connectivity index is 2.58. The molecule has 1 amide bonds. The molecule has 0 aliphatic rings. The average molecular weight is 349 g/mol. The Morgan fingerprint density at radius 1 is 1.58 bits per heavy atom. The maximum Gasteiger partial charge on any atom is 0.226 e.